The average Bonchev–Trinajstić information content (AvgIpc) is 3.15. The van der Waals surface area contributed by atoms with Crippen LogP contribution in [0.25, 0.3) is 0 Å². The maximum atomic E-state index is 12.7. The fourth-order valence-corrected chi connectivity index (χ4v) is 7.28. The molecule has 6 nitrogen and oxygen atoms in total. The van der Waals surface area contributed by atoms with Gasteiger partial charge in [-0.2, -0.15) is 0 Å². The molecule has 0 fully saturated rings. The van der Waals surface area contributed by atoms with Crippen LogP contribution in [0.5, 0.6) is 0 Å². The number of rotatable bonds is 43. The van der Waals surface area contributed by atoms with Crippen LogP contribution in [0.4, 0.5) is 0 Å². The van der Waals surface area contributed by atoms with E-state index in [1.165, 1.54) is 154 Å². The Balaban J connectivity index is 4.30. The fourth-order valence-electron chi connectivity index (χ4n) is 7.28. The standard InChI is InChI=1S/C49H94O6/c1-6-7-8-9-10-11-12-13-14-15-16-17-24-29-34-39-47(50)53-42-46(55-49(52)41-36-31-26-21-19-23-28-33-38-45(4)5)43-54-48(51)40-35-30-25-20-18-22-27-32-37-44(2)3/h44-46H,6-43H2,1-5H3/t46-/m0/s1. The van der Waals surface area contributed by atoms with Gasteiger partial charge in [-0.1, -0.05) is 227 Å². The van der Waals surface area contributed by atoms with Gasteiger partial charge in [0, 0.05) is 19.3 Å². The molecule has 0 heterocycles. The first kappa shape index (κ1) is 53.4. The number of unbranched alkanes of at least 4 members (excludes halogenated alkanes) is 28. The Kier molecular flexibility index (Phi) is 40.8. The Morgan fingerprint density at radius 1 is 0.345 bits per heavy atom. The van der Waals surface area contributed by atoms with Crippen LogP contribution in [-0.2, 0) is 28.6 Å². The zero-order chi connectivity index (χ0) is 40.5. The fraction of sp³-hybridized carbons (Fsp3) is 0.939. The quantitative estimate of drug-likeness (QED) is 0.0348. The first-order valence-corrected chi connectivity index (χ1v) is 24.2. The summed E-state index contributed by atoms with van der Waals surface area (Å²) in [6.07, 6.45) is 41.0. The van der Waals surface area contributed by atoms with Gasteiger partial charge < -0.3 is 14.2 Å². The van der Waals surface area contributed by atoms with E-state index >= 15 is 0 Å². The molecule has 0 aliphatic rings. The predicted molar refractivity (Wildman–Crippen MR) is 233 cm³/mol. The van der Waals surface area contributed by atoms with Gasteiger partial charge >= 0.3 is 17.9 Å². The highest BCUT2D eigenvalue weighted by Crippen LogP contribution is 2.17. The summed E-state index contributed by atoms with van der Waals surface area (Å²) in [5.74, 6) is 0.733. The summed E-state index contributed by atoms with van der Waals surface area (Å²) >= 11 is 0. The number of carbonyl (C=O) groups excluding carboxylic acids is 3. The minimum Gasteiger partial charge on any atom is -0.462 e. The van der Waals surface area contributed by atoms with Gasteiger partial charge in [-0.15, -0.1) is 0 Å². The highest BCUT2D eigenvalue weighted by Gasteiger charge is 2.19. The van der Waals surface area contributed by atoms with Crippen LogP contribution in [0.1, 0.15) is 266 Å². The number of hydrogen-bond donors (Lipinski definition) is 0. The monoisotopic (exact) mass is 779 g/mol. The van der Waals surface area contributed by atoms with Gasteiger partial charge in [-0.25, -0.2) is 0 Å². The molecule has 1 atom stereocenters. The van der Waals surface area contributed by atoms with Gasteiger partial charge in [0.2, 0.25) is 0 Å². The van der Waals surface area contributed by atoms with Crippen molar-refractivity contribution < 1.29 is 28.6 Å². The lowest BCUT2D eigenvalue weighted by Crippen LogP contribution is -2.30. The van der Waals surface area contributed by atoms with Crippen molar-refractivity contribution in [1.29, 1.82) is 0 Å². The third-order valence-corrected chi connectivity index (χ3v) is 11.0. The summed E-state index contributed by atoms with van der Waals surface area (Å²) in [6, 6.07) is 0. The SMILES string of the molecule is CCCCCCCCCCCCCCCCCC(=O)OC[C@@H](COC(=O)CCCCCCCCCCC(C)C)OC(=O)CCCCCCCCCCC(C)C. The van der Waals surface area contributed by atoms with E-state index in [1.807, 2.05) is 0 Å². The Hall–Kier alpha value is -1.59. The molecule has 0 N–H and O–H groups in total. The lowest BCUT2D eigenvalue weighted by molar-refractivity contribution is -0.167. The van der Waals surface area contributed by atoms with Crippen LogP contribution >= 0.6 is 0 Å². The largest absolute Gasteiger partial charge is 0.462 e. The zero-order valence-electron chi connectivity index (χ0n) is 37.6. The number of hydrogen-bond acceptors (Lipinski definition) is 6. The summed E-state index contributed by atoms with van der Waals surface area (Å²) < 4.78 is 16.7. The van der Waals surface area contributed by atoms with Gasteiger partial charge in [0.25, 0.3) is 0 Å². The van der Waals surface area contributed by atoms with Gasteiger partial charge in [0.1, 0.15) is 13.2 Å². The van der Waals surface area contributed by atoms with E-state index in [0.29, 0.717) is 19.3 Å². The molecular formula is C49H94O6. The topological polar surface area (TPSA) is 78.9 Å². The van der Waals surface area contributed by atoms with Crippen LogP contribution in [0.3, 0.4) is 0 Å². The Labute approximate surface area is 342 Å². The molecule has 0 aromatic rings. The molecule has 0 radical (unpaired) electrons. The number of carbonyl (C=O) groups is 3. The molecular weight excluding hydrogens is 685 g/mol. The average molecular weight is 779 g/mol. The van der Waals surface area contributed by atoms with Crippen molar-refractivity contribution in [2.45, 2.75) is 272 Å². The molecule has 0 aromatic heterocycles. The maximum Gasteiger partial charge on any atom is 0.306 e. The Bertz CT molecular complexity index is 839. The maximum absolute atomic E-state index is 12.7. The van der Waals surface area contributed by atoms with Crippen molar-refractivity contribution in [2.24, 2.45) is 11.8 Å². The summed E-state index contributed by atoms with van der Waals surface area (Å²) in [7, 11) is 0. The molecule has 326 valence electrons. The molecule has 0 amide bonds. The van der Waals surface area contributed by atoms with Crippen LogP contribution in [0.15, 0.2) is 0 Å². The molecule has 0 unspecified atom stereocenters. The lowest BCUT2D eigenvalue weighted by Gasteiger charge is -2.18. The molecule has 0 rings (SSSR count). The van der Waals surface area contributed by atoms with Crippen molar-refractivity contribution in [3.63, 3.8) is 0 Å². The minimum atomic E-state index is -0.761. The van der Waals surface area contributed by atoms with Crippen molar-refractivity contribution in [2.75, 3.05) is 13.2 Å². The van der Waals surface area contributed by atoms with E-state index in [9.17, 15) is 14.4 Å². The second kappa shape index (κ2) is 42.0. The van der Waals surface area contributed by atoms with E-state index in [-0.39, 0.29) is 31.1 Å². The third kappa shape index (κ3) is 43.4. The summed E-state index contributed by atoms with van der Waals surface area (Å²) in [5.41, 5.74) is 0. The predicted octanol–water partition coefficient (Wildman–Crippen LogP) is 15.4. The molecule has 55 heavy (non-hydrogen) atoms. The zero-order valence-corrected chi connectivity index (χ0v) is 37.6. The molecule has 0 saturated carbocycles. The molecule has 0 aliphatic carbocycles. The van der Waals surface area contributed by atoms with Gasteiger partial charge in [0.05, 0.1) is 0 Å². The van der Waals surface area contributed by atoms with Gasteiger partial charge in [0.15, 0.2) is 6.10 Å². The molecule has 0 spiro atoms. The van der Waals surface area contributed by atoms with E-state index in [0.717, 1.165) is 69.6 Å². The highest BCUT2D eigenvalue weighted by atomic mass is 16.6. The van der Waals surface area contributed by atoms with E-state index < -0.39 is 6.10 Å². The van der Waals surface area contributed by atoms with E-state index in [2.05, 4.69) is 34.6 Å². The second-order valence-corrected chi connectivity index (χ2v) is 17.7. The Morgan fingerprint density at radius 2 is 0.600 bits per heavy atom. The normalized spacial score (nSPS) is 12.1. The van der Waals surface area contributed by atoms with Crippen LogP contribution in [-0.4, -0.2) is 37.2 Å². The molecule has 0 bridgehead atoms. The number of esters is 3. The van der Waals surface area contributed by atoms with Crippen molar-refractivity contribution >= 4 is 17.9 Å². The van der Waals surface area contributed by atoms with Crippen molar-refractivity contribution in [3.8, 4) is 0 Å². The van der Waals surface area contributed by atoms with Crippen LogP contribution in [0.2, 0.25) is 0 Å². The summed E-state index contributed by atoms with van der Waals surface area (Å²) in [5, 5.41) is 0. The van der Waals surface area contributed by atoms with Crippen molar-refractivity contribution in [1.82, 2.24) is 0 Å². The van der Waals surface area contributed by atoms with Crippen LogP contribution in [0, 0.1) is 11.8 Å². The summed E-state index contributed by atoms with van der Waals surface area (Å²) in [6.45, 7) is 11.3. The highest BCUT2D eigenvalue weighted by molar-refractivity contribution is 5.71. The van der Waals surface area contributed by atoms with Gasteiger partial charge in [-0.3, -0.25) is 14.4 Å². The van der Waals surface area contributed by atoms with Crippen molar-refractivity contribution in [3.05, 3.63) is 0 Å². The number of ether oxygens (including phenoxy) is 3. The molecule has 6 heteroatoms. The Morgan fingerprint density at radius 3 is 0.891 bits per heavy atom. The lowest BCUT2D eigenvalue weighted by atomic mass is 10.0. The van der Waals surface area contributed by atoms with Gasteiger partial charge in [-0.05, 0) is 31.1 Å². The van der Waals surface area contributed by atoms with Crippen LogP contribution < -0.4 is 0 Å². The summed E-state index contributed by atoms with van der Waals surface area (Å²) in [4.78, 5) is 37.8. The molecule has 0 saturated heterocycles. The first-order valence-electron chi connectivity index (χ1n) is 24.2. The molecule has 0 aromatic carbocycles. The smallest absolute Gasteiger partial charge is 0.306 e. The third-order valence-electron chi connectivity index (χ3n) is 11.0. The van der Waals surface area contributed by atoms with E-state index in [4.69, 9.17) is 14.2 Å². The molecule has 0 aliphatic heterocycles. The first-order chi connectivity index (χ1) is 26.7. The van der Waals surface area contributed by atoms with E-state index in [1.54, 1.807) is 0 Å². The minimum absolute atomic E-state index is 0.0649. The second-order valence-electron chi connectivity index (χ2n) is 17.7.